The summed E-state index contributed by atoms with van der Waals surface area (Å²) in [7, 11) is 0. The molecule has 29 heavy (non-hydrogen) atoms. The zero-order valence-electron chi connectivity index (χ0n) is 15.0. The number of carbonyl (C=O) groups is 1. The van der Waals surface area contributed by atoms with Crippen LogP contribution in [0, 0.1) is 0 Å². The molecule has 156 valence electrons. The van der Waals surface area contributed by atoms with Crippen LogP contribution in [0.25, 0.3) is 0 Å². The van der Waals surface area contributed by atoms with Crippen LogP contribution in [0.4, 0.5) is 19.0 Å². The van der Waals surface area contributed by atoms with Gasteiger partial charge >= 0.3 is 6.18 Å². The average molecular weight is 465 g/mol. The highest BCUT2D eigenvalue weighted by Crippen LogP contribution is 2.46. The van der Waals surface area contributed by atoms with E-state index in [-0.39, 0.29) is 23.0 Å². The summed E-state index contributed by atoms with van der Waals surface area (Å²) >= 11 is 14.0. The number of alkyl halides is 3. The summed E-state index contributed by atoms with van der Waals surface area (Å²) < 4.78 is 42.3. The van der Waals surface area contributed by atoms with Gasteiger partial charge in [-0.15, -0.1) is 0 Å². The van der Waals surface area contributed by atoms with Crippen LogP contribution in [0.3, 0.4) is 0 Å². The topological polar surface area (TPSA) is 50.2 Å². The van der Waals surface area contributed by atoms with Crippen LogP contribution in [0.1, 0.15) is 34.6 Å². The average Bonchev–Trinajstić information content (AvgIpc) is 3.04. The number of thioether (sulfide) groups is 1. The zero-order valence-corrected chi connectivity index (χ0v) is 17.4. The molecule has 2 aromatic rings. The van der Waals surface area contributed by atoms with Crippen molar-refractivity contribution in [2.75, 3.05) is 29.9 Å². The number of benzene rings is 1. The third-order valence-corrected chi connectivity index (χ3v) is 6.62. The number of amides is 1. The third kappa shape index (κ3) is 4.04. The number of hydrogen-bond donors (Lipinski definition) is 1. The Kier molecular flexibility index (Phi) is 5.65. The van der Waals surface area contributed by atoms with E-state index in [0.717, 1.165) is 16.2 Å². The minimum absolute atomic E-state index is 0.00919. The van der Waals surface area contributed by atoms with Gasteiger partial charge in [-0.25, -0.2) is 4.68 Å². The Bertz CT molecular complexity index is 913. The molecular weight excluding hydrogens is 448 g/mol. The number of aromatic nitrogens is 2. The summed E-state index contributed by atoms with van der Waals surface area (Å²) in [6.07, 6.45) is -4.82. The monoisotopic (exact) mass is 464 g/mol. The summed E-state index contributed by atoms with van der Waals surface area (Å²) in [4.78, 5) is 14.4. The van der Waals surface area contributed by atoms with Crippen molar-refractivity contribution in [2.45, 2.75) is 24.7 Å². The van der Waals surface area contributed by atoms with Gasteiger partial charge in [0.05, 0.1) is 6.04 Å². The number of hydrogen-bond acceptors (Lipinski definition) is 4. The van der Waals surface area contributed by atoms with E-state index in [2.05, 4.69) is 10.4 Å². The van der Waals surface area contributed by atoms with Crippen molar-refractivity contribution in [1.29, 1.82) is 0 Å². The lowest BCUT2D eigenvalue weighted by molar-refractivity contribution is -0.173. The summed E-state index contributed by atoms with van der Waals surface area (Å²) in [6, 6.07) is 4.05. The molecule has 0 radical (unpaired) electrons. The van der Waals surface area contributed by atoms with Gasteiger partial charge in [-0.3, -0.25) is 4.79 Å². The summed E-state index contributed by atoms with van der Waals surface area (Å²) in [5.74, 6) is 1.12. The van der Waals surface area contributed by atoms with Crippen LogP contribution in [-0.4, -0.2) is 51.4 Å². The Morgan fingerprint density at radius 1 is 1.17 bits per heavy atom. The molecule has 1 amide bonds. The van der Waals surface area contributed by atoms with Gasteiger partial charge in [0.1, 0.15) is 10.8 Å². The fourth-order valence-corrected chi connectivity index (χ4v) is 4.84. The maximum atomic E-state index is 13.8. The normalized spacial score (nSPS) is 22.2. The Morgan fingerprint density at radius 3 is 2.45 bits per heavy atom. The van der Waals surface area contributed by atoms with Crippen LogP contribution in [-0.2, 0) is 0 Å². The van der Waals surface area contributed by atoms with Gasteiger partial charge in [0, 0.05) is 36.0 Å². The summed E-state index contributed by atoms with van der Waals surface area (Å²) in [5, 5.41) is 7.44. The second kappa shape index (κ2) is 7.92. The minimum Gasteiger partial charge on any atom is -0.362 e. The fraction of sp³-hybridized carbons (Fsp3) is 0.444. The van der Waals surface area contributed by atoms with Crippen molar-refractivity contribution >= 4 is 46.7 Å². The first-order valence-electron chi connectivity index (χ1n) is 8.99. The van der Waals surface area contributed by atoms with Crippen molar-refractivity contribution < 1.29 is 18.0 Å². The van der Waals surface area contributed by atoms with E-state index in [4.69, 9.17) is 23.2 Å². The highest BCUT2D eigenvalue weighted by molar-refractivity contribution is 7.99. The van der Waals surface area contributed by atoms with E-state index < -0.39 is 24.2 Å². The first kappa shape index (κ1) is 20.7. The number of anilines is 1. The quantitative estimate of drug-likeness (QED) is 0.676. The highest BCUT2D eigenvalue weighted by Gasteiger charge is 2.48. The maximum absolute atomic E-state index is 13.8. The molecule has 0 spiro atoms. The summed E-state index contributed by atoms with van der Waals surface area (Å²) in [5.41, 5.74) is 0.500. The minimum atomic E-state index is -4.54. The fourth-order valence-electron chi connectivity index (χ4n) is 3.56. The second-order valence-electron chi connectivity index (χ2n) is 6.90. The molecule has 1 aromatic heterocycles. The molecule has 4 rings (SSSR count). The summed E-state index contributed by atoms with van der Waals surface area (Å²) in [6.45, 7) is 1.04. The molecule has 1 fully saturated rings. The van der Waals surface area contributed by atoms with Gasteiger partial charge in [0.15, 0.2) is 11.7 Å². The van der Waals surface area contributed by atoms with E-state index in [0.29, 0.717) is 23.7 Å². The van der Waals surface area contributed by atoms with Crippen molar-refractivity contribution in [3.05, 3.63) is 45.6 Å². The van der Waals surface area contributed by atoms with Crippen LogP contribution in [0.5, 0.6) is 0 Å². The molecule has 5 nitrogen and oxygen atoms in total. The van der Waals surface area contributed by atoms with E-state index in [1.807, 2.05) is 0 Å². The number of nitrogens with one attached hydrogen (secondary N) is 1. The largest absolute Gasteiger partial charge is 0.410 e. The molecule has 2 aliphatic heterocycles. The van der Waals surface area contributed by atoms with Crippen molar-refractivity contribution in [1.82, 2.24) is 14.7 Å². The lowest BCUT2D eigenvalue weighted by Crippen LogP contribution is -2.38. The van der Waals surface area contributed by atoms with E-state index >= 15 is 0 Å². The first-order chi connectivity index (χ1) is 13.8. The lowest BCUT2D eigenvalue weighted by Gasteiger charge is -2.33. The molecule has 0 bridgehead atoms. The Morgan fingerprint density at radius 2 is 1.83 bits per heavy atom. The molecule has 0 aliphatic carbocycles. The van der Waals surface area contributed by atoms with Crippen LogP contribution in [0.2, 0.25) is 10.0 Å². The molecule has 1 aromatic carbocycles. The second-order valence-corrected chi connectivity index (χ2v) is 8.94. The van der Waals surface area contributed by atoms with Gasteiger partial charge < -0.3 is 10.2 Å². The molecule has 3 heterocycles. The van der Waals surface area contributed by atoms with Crippen LogP contribution < -0.4 is 5.32 Å². The standard InChI is InChI=1S/C18H17Cl2F3N4OS/c19-11-3-1-10(2-4-11)12-9-13(18(21,22)23)27-16(24-12)14(20)15(25-27)17(28)26-5-7-29-8-6-26/h1-4,12-13,24H,5-9H2/t12-,13+/m0/s1. The van der Waals surface area contributed by atoms with Crippen LogP contribution >= 0.6 is 35.0 Å². The molecular formula is C18H17Cl2F3N4OS. The highest BCUT2D eigenvalue weighted by atomic mass is 35.5. The number of rotatable bonds is 2. The number of carbonyl (C=O) groups excluding carboxylic acids is 1. The van der Waals surface area contributed by atoms with E-state index in [1.54, 1.807) is 40.9 Å². The van der Waals surface area contributed by atoms with Gasteiger partial charge in [-0.05, 0) is 17.7 Å². The Balaban J connectivity index is 1.71. The Hall–Kier alpha value is -1.58. The third-order valence-electron chi connectivity index (χ3n) is 5.07. The smallest absolute Gasteiger partial charge is 0.362 e. The van der Waals surface area contributed by atoms with Gasteiger partial charge in [-0.2, -0.15) is 30.0 Å². The van der Waals surface area contributed by atoms with Gasteiger partial charge in [-0.1, -0.05) is 35.3 Å². The van der Waals surface area contributed by atoms with E-state index in [1.165, 1.54) is 0 Å². The Labute approximate surface area is 179 Å². The molecule has 2 atom stereocenters. The number of fused-ring (bicyclic) bond motifs is 1. The molecule has 11 heteroatoms. The van der Waals surface area contributed by atoms with Gasteiger partial charge in [0.2, 0.25) is 0 Å². The van der Waals surface area contributed by atoms with E-state index in [9.17, 15) is 18.0 Å². The molecule has 0 unspecified atom stereocenters. The predicted molar refractivity (Wildman–Crippen MR) is 108 cm³/mol. The van der Waals surface area contributed by atoms with Crippen molar-refractivity contribution in [3.63, 3.8) is 0 Å². The molecule has 1 N–H and O–H groups in total. The maximum Gasteiger partial charge on any atom is 0.410 e. The van der Waals surface area contributed by atoms with Crippen molar-refractivity contribution in [2.24, 2.45) is 0 Å². The number of nitrogens with zero attached hydrogens (tertiary/aromatic N) is 3. The zero-order chi connectivity index (χ0) is 20.8. The molecule has 2 aliphatic rings. The number of halogens is 5. The lowest BCUT2D eigenvalue weighted by atomic mass is 9.97. The molecule has 0 saturated carbocycles. The first-order valence-corrected chi connectivity index (χ1v) is 10.9. The predicted octanol–water partition coefficient (Wildman–Crippen LogP) is 5.04. The van der Waals surface area contributed by atoms with Crippen molar-refractivity contribution in [3.8, 4) is 0 Å². The molecule has 1 saturated heterocycles. The SMILES string of the molecule is O=C(c1nn2c(c1Cl)N[C@H](c1ccc(Cl)cc1)C[C@@H]2C(F)(F)F)N1CCSCC1. The van der Waals surface area contributed by atoms with Gasteiger partial charge in [0.25, 0.3) is 5.91 Å². The van der Waals surface area contributed by atoms with Crippen LogP contribution in [0.15, 0.2) is 24.3 Å².